The average Bonchev–Trinajstić information content (AvgIpc) is 3.09. The van der Waals surface area contributed by atoms with Gasteiger partial charge in [-0.05, 0) is 63.0 Å². The molecule has 2 aromatic rings. The fourth-order valence-electron chi connectivity index (χ4n) is 3.79. The predicted octanol–water partition coefficient (Wildman–Crippen LogP) is 3.65. The van der Waals surface area contributed by atoms with Crippen LogP contribution in [0, 0.1) is 11.7 Å². The third-order valence-corrected chi connectivity index (χ3v) is 7.29. The summed E-state index contributed by atoms with van der Waals surface area (Å²) < 4.78 is 13.9. The largest absolute Gasteiger partial charge is 0.345 e. The number of aromatic nitrogens is 1. The van der Waals surface area contributed by atoms with Crippen molar-refractivity contribution in [1.29, 1.82) is 0 Å². The van der Waals surface area contributed by atoms with Gasteiger partial charge in [-0.2, -0.15) is 0 Å². The highest BCUT2D eigenvalue weighted by Gasteiger charge is 2.40. The maximum absolute atomic E-state index is 13.0. The van der Waals surface area contributed by atoms with E-state index >= 15 is 0 Å². The molecule has 1 aromatic carbocycles. The minimum absolute atomic E-state index is 0.0819. The minimum atomic E-state index is -0.250. The Bertz CT molecular complexity index is 754. The lowest BCUT2D eigenvalue weighted by molar-refractivity contribution is 0.0217. The molecule has 0 radical (unpaired) electrons. The monoisotopic (exact) mass is 377 g/mol. The zero-order valence-electron chi connectivity index (χ0n) is 13.9. The number of carbonyl (C=O) groups is 1. The molecule has 132 valence electrons. The maximum Gasteiger partial charge on any atom is 0.280 e. The predicted molar refractivity (Wildman–Crippen MR) is 97.7 cm³/mol. The van der Waals surface area contributed by atoms with E-state index in [1.807, 2.05) is 0 Å². The van der Waals surface area contributed by atoms with Gasteiger partial charge in [0.2, 0.25) is 0 Å². The number of benzene rings is 1. The van der Waals surface area contributed by atoms with Crippen LogP contribution in [0.4, 0.5) is 4.39 Å². The fourth-order valence-corrected chi connectivity index (χ4v) is 5.64. The maximum atomic E-state index is 13.0. The summed E-state index contributed by atoms with van der Waals surface area (Å²) in [6.07, 6.45) is 4.05. The first-order valence-electron chi connectivity index (χ1n) is 8.54. The number of thiazole rings is 1. The second-order valence-corrected chi connectivity index (χ2v) is 9.06. The van der Waals surface area contributed by atoms with E-state index in [9.17, 15) is 9.18 Å². The molecule has 3 aliphatic rings. The van der Waals surface area contributed by atoms with Crippen molar-refractivity contribution < 1.29 is 9.18 Å². The highest BCUT2D eigenvalue weighted by atomic mass is 32.2. The van der Waals surface area contributed by atoms with E-state index in [1.54, 1.807) is 18.3 Å². The van der Waals surface area contributed by atoms with Gasteiger partial charge in [-0.1, -0.05) is 11.8 Å². The van der Waals surface area contributed by atoms with Crippen molar-refractivity contribution in [3.63, 3.8) is 0 Å². The number of nitrogens with one attached hydrogen (secondary N) is 1. The number of fused-ring (bicyclic) bond motifs is 3. The fraction of sp³-hybridized carbons (Fsp3) is 0.444. The topological polar surface area (TPSA) is 45.2 Å². The van der Waals surface area contributed by atoms with Crippen LogP contribution < -0.4 is 5.32 Å². The van der Waals surface area contributed by atoms with Crippen molar-refractivity contribution in [2.24, 2.45) is 5.92 Å². The van der Waals surface area contributed by atoms with Crippen LogP contribution >= 0.6 is 23.1 Å². The lowest BCUT2D eigenvalue weighted by Gasteiger charge is -2.49. The summed E-state index contributed by atoms with van der Waals surface area (Å²) in [7, 11) is 0. The molecular weight excluding hydrogens is 357 g/mol. The summed E-state index contributed by atoms with van der Waals surface area (Å²) in [6.45, 7) is 4.50. The summed E-state index contributed by atoms with van der Waals surface area (Å²) in [5.41, 5.74) is 0. The van der Waals surface area contributed by atoms with Gasteiger partial charge in [-0.3, -0.25) is 9.69 Å². The van der Waals surface area contributed by atoms with Crippen LogP contribution in [0.2, 0.25) is 0 Å². The van der Waals surface area contributed by atoms with Gasteiger partial charge in [0.15, 0.2) is 5.01 Å². The Hall–Kier alpha value is -1.44. The third-order valence-electron chi connectivity index (χ3n) is 5.19. The van der Waals surface area contributed by atoms with Crippen LogP contribution in [0.5, 0.6) is 0 Å². The number of rotatable bonds is 4. The number of carbonyl (C=O) groups excluding carboxylic acids is 1. The van der Waals surface area contributed by atoms with Crippen molar-refractivity contribution in [3.8, 4) is 0 Å². The Balaban J connectivity index is 1.41. The van der Waals surface area contributed by atoms with Crippen LogP contribution in [0.1, 0.15) is 29.6 Å². The van der Waals surface area contributed by atoms with E-state index in [1.165, 1.54) is 48.1 Å². The Labute approximate surface area is 154 Å². The van der Waals surface area contributed by atoms with Crippen LogP contribution in [0.3, 0.4) is 0 Å². The zero-order chi connectivity index (χ0) is 17.4. The smallest absolute Gasteiger partial charge is 0.280 e. The molecule has 3 aliphatic heterocycles. The summed E-state index contributed by atoms with van der Waals surface area (Å²) in [5.74, 6) is 0.249. The molecule has 0 aliphatic carbocycles. The quantitative estimate of drug-likeness (QED) is 0.883. The van der Waals surface area contributed by atoms with Gasteiger partial charge < -0.3 is 5.32 Å². The minimum Gasteiger partial charge on any atom is -0.345 e. The van der Waals surface area contributed by atoms with Crippen molar-refractivity contribution in [2.45, 2.75) is 41.0 Å². The molecule has 1 aromatic heterocycles. The van der Waals surface area contributed by atoms with E-state index < -0.39 is 0 Å². The highest BCUT2D eigenvalue weighted by Crippen LogP contribution is 2.34. The normalized spacial score (nSPS) is 28.1. The van der Waals surface area contributed by atoms with Gasteiger partial charge in [0, 0.05) is 17.0 Å². The molecule has 0 saturated carbocycles. The molecular formula is C18H20FN3OS2. The zero-order valence-corrected chi connectivity index (χ0v) is 15.6. The molecule has 3 fully saturated rings. The number of hydrogen-bond acceptors (Lipinski definition) is 5. The van der Waals surface area contributed by atoms with Gasteiger partial charge in [0.1, 0.15) is 5.82 Å². The van der Waals surface area contributed by atoms with Gasteiger partial charge in [-0.25, -0.2) is 9.37 Å². The lowest BCUT2D eigenvalue weighted by atomic mass is 9.79. The number of hydrogen-bond donors (Lipinski definition) is 1. The second kappa shape index (κ2) is 7.05. The van der Waals surface area contributed by atoms with E-state index in [0.717, 1.165) is 22.2 Å². The highest BCUT2D eigenvalue weighted by molar-refractivity contribution is 8.01. The van der Waals surface area contributed by atoms with Crippen LogP contribution in [0.15, 0.2) is 39.6 Å². The van der Waals surface area contributed by atoms with E-state index in [2.05, 4.69) is 22.1 Å². The molecule has 3 saturated heterocycles. The van der Waals surface area contributed by atoms with E-state index in [4.69, 9.17) is 0 Å². The van der Waals surface area contributed by atoms with Crippen molar-refractivity contribution >= 4 is 29.0 Å². The summed E-state index contributed by atoms with van der Waals surface area (Å²) in [4.78, 5) is 20.3. The molecule has 2 atom stereocenters. The summed E-state index contributed by atoms with van der Waals surface area (Å²) >= 11 is 2.88. The molecule has 25 heavy (non-hydrogen) atoms. The molecule has 4 nitrogen and oxygen atoms in total. The number of nitrogens with zero attached hydrogens (tertiary/aromatic N) is 2. The van der Waals surface area contributed by atoms with Gasteiger partial charge in [0.25, 0.3) is 5.91 Å². The molecule has 7 heteroatoms. The number of halogens is 1. The first-order chi connectivity index (χ1) is 12.1. The molecule has 1 N–H and O–H groups in total. The van der Waals surface area contributed by atoms with Crippen LogP contribution in [-0.4, -0.2) is 41.0 Å². The molecule has 1 amide bonds. The van der Waals surface area contributed by atoms with E-state index in [0.29, 0.717) is 17.0 Å². The Morgan fingerprint density at radius 1 is 1.32 bits per heavy atom. The molecule has 2 unspecified atom stereocenters. The molecule has 2 bridgehead atoms. The van der Waals surface area contributed by atoms with Gasteiger partial charge >= 0.3 is 0 Å². The molecule has 4 heterocycles. The summed E-state index contributed by atoms with van der Waals surface area (Å²) in [6, 6.07) is 6.94. The molecule has 0 spiro atoms. The van der Waals surface area contributed by atoms with Crippen LogP contribution in [0.25, 0.3) is 0 Å². The lowest BCUT2D eigenvalue weighted by Crippen LogP contribution is -2.62. The standard InChI is InChI=1S/C18H20FN3OS2/c1-11-16(12-6-8-22(11)9-7-12)21-17(23)18-20-10-15(25-18)24-14-4-2-13(19)3-5-14/h2-5,10-12,16H,6-9H2,1H3,(H,21,23). The second-order valence-electron chi connectivity index (χ2n) is 6.65. The van der Waals surface area contributed by atoms with Gasteiger partial charge in [-0.15, -0.1) is 11.3 Å². The Morgan fingerprint density at radius 3 is 2.72 bits per heavy atom. The Kier molecular flexibility index (Phi) is 4.80. The number of amides is 1. The van der Waals surface area contributed by atoms with Crippen molar-refractivity contribution in [3.05, 3.63) is 41.3 Å². The Morgan fingerprint density at radius 2 is 2.04 bits per heavy atom. The van der Waals surface area contributed by atoms with Crippen molar-refractivity contribution in [1.82, 2.24) is 15.2 Å². The SMILES string of the molecule is CC1C(NC(=O)c2ncc(Sc3ccc(F)cc3)s2)C2CCN1CC2. The van der Waals surface area contributed by atoms with Crippen molar-refractivity contribution in [2.75, 3.05) is 13.1 Å². The molecule has 5 rings (SSSR count). The number of piperidine rings is 3. The average molecular weight is 378 g/mol. The third kappa shape index (κ3) is 3.59. The van der Waals surface area contributed by atoms with E-state index in [-0.39, 0.29) is 17.8 Å². The van der Waals surface area contributed by atoms with Crippen LogP contribution in [-0.2, 0) is 0 Å². The van der Waals surface area contributed by atoms with Gasteiger partial charge in [0.05, 0.1) is 10.4 Å². The first-order valence-corrected chi connectivity index (χ1v) is 10.2. The summed E-state index contributed by atoms with van der Waals surface area (Å²) in [5, 5.41) is 3.70. The first kappa shape index (κ1) is 17.0.